The third-order valence-corrected chi connectivity index (χ3v) is 4.59. The van der Waals surface area contributed by atoms with E-state index >= 15 is 0 Å². The van der Waals surface area contributed by atoms with Crippen LogP contribution in [0.3, 0.4) is 0 Å². The molecule has 0 aliphatic heterocycles. The summed E-state index contributed by atoms with van der Waals surface area (Å²) in [6.45, 7) is 6.46. The van der Waals surface area contributed by atoms with Crippen LogP contribution >= 0.6 is 0 Å². The molecule has 1 aliphatic carbocycles. The summed E-state index contributed by atoms with van der Waals surface area (Å²) in [4.78, 5) is 11.0. The summed E-state index contributed by atoms with van der Waals surface area (Å²) < 4.78 is 0. The molecule has 3 heteroatoms. The van der Waals surface area contributed by atoms with Gasteiger partial charge >= 0.3 is 5.97 Å². The summed E-state index contributed by atoms with van der Waals surface area (Å²) in [7, 11) is 0. The van der Waals surface area contributed by atoms with Crippen molar-refractivity contribution in [2.75, 3.05) is 0 Å². The molecule has 0 bridgehead atoms. The van der Waals surface area contributed by atoms with Crippen LogP contribution in [0.1, 0.15) is 55.3 Å². The largest absolute Gasteiger partial charge is 0.481 e. The molecule has 0 heterocycles. The summed E-state index contributed by atoms with van der Waals surface area (Å²) >= 11 is 0. The molecule has 110 valence electrons. The summed E-state index contributed by atoms with van der Waals surface area (Å²) in [5.74, 6) is -0.768. The molecule has 1 saturated carbocycles. The summed E-state index contributed by atoms with van der Waals surface area (Å²) in [6, 6.07) is 7.37. The van der Waals surface area contributed by atoms with Gasteiger partial charge in [0.25, 0.3) is 0 Å². The molecule has 1 unspecified atom stereocenters. The molecule has 1 aliphatic rings. The highest BCUT2D eigenvalue weighted by Crippen LogP contribution is 2.26. The number of benzene rings is 1. The Morgan fingerprint density at radius 2 is 1.85 bits per heavy atom. The molecule has 0 amide bonds. The lowest BCUT2D eigenvalue weighted by Crippen LogP contribution is -2.36. The number of aliphatic carboxylic acids is 1. The van der Waals surface area contributed by atoms with Crippen LogP contribution in [0.2, 0.25) is 0 Å². The highest BCUT2D eigenvalue weighted by molar-refractivity contribution is 5.70. The van der Waals surface area contributed by atoms with E-state index in [1.165, 1.54) is 16.7 Å². The summed E-state index contributed by atoms with van der Waals surface area (Å²) in [6.07, 6.45) is 3.53. The van der Waals surface area contributed by atoms with Crippen molar-refractivity contribution in [3.8, 4) is 0 Å². The predicted octanol–water partition coefficient (Wildman–Crippen LogP) is 3.60. The number of nitrogens with one attached hydrogen (secondary N) is 1. The van der Waals surface area contributed by atoms with E-state index in [1.807, 2.05) is 0 Å². The van der Waals surface area contributed by atoms with Crippen LogP contribution in [0.15, 0.2) is 18.2 Å². The zero-order valence-electron chi connectivity index (χ0n) is 12.6. The first-order valence-corrected chi connectivity index (χ1v) is 7.53. The molecule has 0 saturated heterocycles. The van der Waals surface area contributed by atoms with Crippen LogP contribution in [0.4, 0.5) is 0 Å². The van der Waals surface area contributed by atoms with Gasteiger partial charge in [-0.1, -0.05) is 18.2 Å². The first kappa shape index (κ1) is 15.0. The molecule has 0 radical (unpaired) electrons. The molecular formula is C17H25NO2. The maximum Gasteiger partial charge on any atom is 0.306 e. The van der Waals surface area contributed by atoms with Gasteiger partial charge < -0.3 is 10.4 Å². The molecule has 3 nitrogen and oxygen atoms in total. The third kappa shape index (κ3) is 3.60. The van der Waals surface area contributed by atoms with Crippen LogP contribution in [0, 0.1) is 19.8 Å². The Morgan fingerprint density at radius 1 is 1.20 bits per heavy atom. The van der Waals surface area contributed by atoms with Gasteiger partial charge in [-0.05, 0) is 63.1 Å². The third-order valence-electron chi connectivity index (χ3n) is 4.59. The molecule has 2 N–H and O–H groups in total. The zero-order chi connectivity index (χ0) is 14.7. The number of rotatable bonds is 4. The molecule has 0 spiro atoms. The Bertz CT molecular complexity index is 476. The van der Waals surface area contributed by atoms with E-state index in [9.17, 15) is 4.79 Å². The fourth-order valence-corrected chi connectivity index (χ4v) is 2.99. The Labute approximate surface area is 121 Å². The average Bonchev–Trinajstić information content (AvgIpc) is 2.42. The van der Waals surface area contributed by atoms with Gasteiger partial charge in [0.1, 0.15) is 0 Å². The zero-order valence-corrected chi connectivity index (χ0v) is 12.6. The Hall–Kier alpha value is -1.35. The lowest BCUT2D eigenvalue weighted by Gasteiger charge is -2.29. The van der Waals surface area contributed by atoms with Gasteiger partial charge in [0.05, 0.1) is 5.92 Å². The van der Waals surface area contributed by atoms with E-state index in [0.29, 0.717) is 12.1 Å². The molecule has 1 atom stereocenters. The van der Waals surface area contributed by atoms with Crippen LogP contribution in [0.25, 0.3) is 0 Å². The monoisotopic (exact) mass is 275 g/mol. The minimum Gasteiger partial charge on any atom is -0.481 e. The van der Waals surface area contributed by atoms with Gasteiger partial charge in [-0.3, -0.25) is 4.79 Å². The lowest BCUT2D eigenvalue weighted by molar-refractivity contribution is -0.142. The van der Waals surface area contributed by atoms with Crippen molar-refractivity contribution >= 4 is 5.97 Å². The molecule has 1 fully saturated rings. The average molecular weight is 275 g/mol. The van der Waals surface area contributed by atoms with Gasteiger partial charge in [-0.2, -0.15) is 0 Å². The van der Waals surface area contributed by atoms with Gasteiger partial charge in [0.15, 0.2) is 0 Å². The molecule has 1 aromatic rings. The van der Waals surface area contributed by atoms with Gasteiger partial charge in [-0.25, -0.2) is 0 Å². The smallest absolute Gasteiger partial charge is 0.306 e. The van der Waals surface area contributed by atoms with E-state index in [2.05, 4.69) is 44.3 Å². The maximum atomic E-state index is 11.0. The van der Waals surface area contributed by atoms with Crippen molar-refractivity contribution in [3.63, 3.8) is 0 Å². The molecule has 1 aromatic carbocycles. The lowest BCUT2D eigenvalue weighted by atomic mass is 9.85. The van der Waals surface area contributed by atoms with Crippen molar-refractivity contribution < 1.29 is 9.90 Å². The van der Waals surface area contributed by atoms with E-state index in [4.69, 9.17) is 5.11 Å². The van der Waals surface area contributed by atoms with E-state index in [1.54, 1.807) is 0 Å². The van der Waals surface area contributed by atoms with Crippen molar-refractivity contribution in [1.29, 1.82) is 0 Å². The molecule has 0 aromatic heterocycles. The number of carboxylic acid groups (broad SMARTS) is 1. The maximum absolute atomic E-state index is 11.0. The Morgan fingerprint density at radius 3 is 2.40 bits per heavy atom. The second-order valence-corrected chi connectivity index (χ2v) is 6.12. The van der Waals surface area contributed by atoms with Crippen LogP contribution < -0.4 is 5.32 Å². The Balaban J connectivity index is 1.90. The normalized spacial score (nSPS) is 24.4. The topological polar surface area (TPSA) is 49.3 Å². The van der Waals surface area contributed by atoms with E-state index < -0.39 is 5.97 Å². The predicted molar refractivity (Wildman–Crippen MR) is 80.8 cm³/mol. The number of aryl methyl sites for hydroxylation is 2. The fraction of sp³-hybridized carbons (Fsp3) is 0.588. The van der Waals surface area contributed by atoms with Crippen LogP contribution in [0.5, 0.6) is 0 Å². The standard InChI is InChI=1S/C17H25NO2/c1-11-4-5-15(10-12(11)2)13(3)18-16-8-6-14(7-9-16)17(19)20/h4-5,10,13-14,16,18H,6-9H2,1-3H3,(H,19,20). The first-order chi connectivity index (χ1) is 9.47. The summed E-state index contributed by atoms with van der Waals surface area (Å²) in [5, 5.41) is 12.7. The highest BCUT2D eigenvalue weighted by Gasteiger charge is 2.26. The number of carbonyl (C=O) groups is 1. The van der Waals surface area contributed by atoms with Crippen molar-refractivity contribution in [3.05, 3.63) is 34.9 Å². The van der Waals surface area contributed by atoms with Crippen molar-refractivity contribution in [2.24, 2.45) is 5.92 Å². The second-order valence-electron chi connectivity index (χ2n) is 6.12. The van der Waals surface area contributed by atoms with Crippen molar-refractivity contribution in [1.82, 2.24) is 5.32 Å². The van der Waals surface area contributed by atoms with Gasteiger partial charge in [-0.15, -0.1) is 0 Å². The Kier molecular flexibility index (Phi) is 4.81. The van der Waals surface area contributed by atoms with Gasteiger partial charge in [0, 0.05) is 12.1 Å². The number of hydrogen-bond donors (Lipinski definition) is 2. The van der Waals surface area contributed by atoms with E-state index in [-0.39, 0.29) is 5.92 Å². The van der Waals surface area contributed by atoms with Crippen molar-refractivity contribution in [2.45, 2.75) is 58.5 Å². The quantitative estimate of drug-likeness (QED) is 0.882. The van der Waals surface area contributed by atoms with E-state index in [0.717, 1.165) is 25.7 Å². The fourth-order valence-electron chi connectivity index (χ4n) is 2.99. The minimum atomic E-state index is -0.634. The van der Waals surface area contributed by atoms with Gasteiger partial charge in [0.2, 0.25) is 0 Å². The van der Waals surface area contributed by atoms with Crippen LogP contribution in [-0.4, -0.2) is 17.1 Å². The molecule has 20 heavy (non-hydrogen) atoms. The highest BCUT2D eigenvalue weighted by atomic mass is 16.4. The second kappa shape index (κ2) is 6.40. The number of carboxylic acids is 1. The molecular weight excluding hydrogens is 250 g/mol. The minimum absolute atomic E-state index is 0.134. The first-order valence-electron chi connectivity index (χ1n) is 7.53. The SMILES string of the molecule is Cc1ccc(C(C)NC2CCC(C(=O)O)CC2)cc1C. The number of hydrogen-bond acceptors (Lipinski definition) is 2. The summed E-state index contributed by atoms with van der Waals surface area (Å²) in [5.41, 5.74) is 3.96. The molecule has 2 rings (SSSR count). The van der Waals surface area contributed by atoms with Crippen LogP contribution in [-0.2, 0) is 4.79 Å².